The number of hydrogen-bond acceptors (Lipinski definition) is 4. The molecule has 0 atom stereocenters. The summed E-state index contributed by atoms with van der Waals surface area (Å²) in [7, 11) is 5.41. The number of nitrogens with zero attached hydrogens (tertiary/aromatic N) is 2. The highest BCUT2D eigenvalue weighted by Gasteiger charge is 2.15. The number of hydrogen-bond donors (Lipinski definition) is 1. The van der Waals surface area contributed by atoms with E-state index in [2.05, 4.69) is 5.32 Å². The van der Waals surface area contributed by atoms with Crippen LogP contribution in [0.5, 0.6) is 5.75 Å². The Balaban J connectivity index is 2.71. The molecule has 6 nitrogen and oxygen atoms in total. The summed E-state index contributed by atoms with van der Waals surface area (Å²) in [4.78, 5) is 27.3. The molecule has 1 aromatic rings. The average Bonchev–Trinajstić information content (AvgIpc) is 2.43. The van der Waals surface area contributed by atoms with Gasteiger partial charge in [0.15, 0.2) is 0 Å². The maximum absolute atomic E-state index is 12.2. The molecule has 0 unspecified atom stereocenters. The molecule has 0 aliphatic carbocycles. The molecule has 0 bridgehead atoms. The van der Waals surface area contributed by atoms with Crippen LogP contribution < -0.4 is 10.1 Å². The number of benzene rings is 1. The lowest BCUT2D eigenvalue weighted by Gasteiger charge is -2.22. The fourth-order valence-electron chi connectivity index (χ4n) is 1.95. The van der Waals surface area contributed by atoms with Gasteiger partial charge in [0.25, 0.3) is 0 Å². The number of likely N-dealkylation sites (N-methyl/N-ethyl adjacent to an activating group) is 1. The van der Waals surface area contributed by atoms with Gasteiger partial charge in [-0.1, -0.05) is 6.07 Å². The van der Waals surface area contributed by atoms with Crippen molar-refractivity contribution in [3.05, 3.63) is 23.8 Å². The molecule has 0 radical (unpaired) electrons. The highest BCUT2D eigenvalue weighted by molar-refractivity contribution is 5.95. The SMILES string of the molecule is COc1ccc(C)cc1NC(=O)CN(CCN(C)C)C(C)=O. The van der Waals surface area contributed by atoms with Gasteiger partial charge in [-0.05, 0) is 38.7 Å². The molecule has 0 heterocycles. The number of nitrogens with one attached hydrogen (secondary N) is 1. The zero-order chi connectivity index (χ0) is 16.7. The molecule has 2 amide bonds. The maximum Gasteiger partial charge on any atom is 0.244 e. The second-order valence-electron chi connectivity index (χ2n) is 5.50. The second-order valence-corrected chi connectivity index (χ2v) is 5.50. The van der Waals surface area contributed by atoms with Crippen LogP contribution in [0.1, 0.15) is 12.5 Å². The molecule has 122 valence electrons. The van der Waals surface area contributed by atoms with Gasteiger partial charge in [-0.25, -0.2) is 0 Å². The summed E-state index contributed by atoms with van der Waals surface area (Å²) in [6.07, 6.45) is 0. The molecule has 0 aliphatic rings. The Bertz CT molecular complexity index is 529. The fraction of sp³-hybridized carbons (Fsp3) is 0.500. The van der Waals surface area contributed by atoms with Crippen molar-refractivity contribution in [1.82, 2.24) is 9.80 Å². The van der Waals surface area contributed by atoms with Crippen molar-refractivity contribution < 1.29 is 14.3 Å². The summed E-state index contributed by atoms with van der Waals surface area (Å²) < 4.78 is 5.23. The van der Waals surface area contributed by atoms with Crippen LogP contribution in [0.15, 0.2) is 18.2 Å². The molecule has 1 rings (SSSR count). The van der Waals surface area contributed by atoms with Gasteiger partial charge in [0.05, 0.1) is 19.3 Å². The van der Waals surface area contributed by atoms with Crippen molar-refractivity contribution in [2.45, 2.75) is 13.8 Å². The van der Waals surface area contributed by atoms with Gasteiger partial charge in [0, 0.05) is 20.0 Å². The summed E-state index contributed by atoms with van der Waals surface area (Å²) in [5.74, 6) is 0.243. The van der Waals surface area contributed by atoms with Gasteiger partial charge in [-0.15, -0.1) is 0 Å². The van der Waals surface area contributed by atoms with E-state index in [1.165, 1.54) is 11.8 Å². The lowest BCUT2D eigenvalue weighted by atomic mass is 10.2. The molecule has 0 spiro atoms. The first kappa shape index (κ1) is 18.0. The van der Waals surface area contributed by atoms with Gasteiger partial charge in [0.2, 0.25) is 11.8 Å². The number of carbonyl (C=O) groups excluding carboxylic acids is 2. The quantitative estimate of drug-likeness (QED) is 0.826. The minimum absolute atomic E-state index is 0.0280. The third kappa shape index (κ3) is 5.73. The van der Waals surface area contributed by atoms with Crippen LogP contribution in [0.2, 0.25) is 0 Å². The molecular weight excluding hydrogens is 282 g/mol. The van der Waals surface area contributed by atoms with E-state index < -0.39 is 0 Å². The number of ether oxygens (including phenoxy) is 1. The highest BCUT2D eigenvalue weighted by Crippen LogP contribution is 2.25. The number of aryl methyl sites for hydroxylation is 1. The predicted molar refractivity (Wildman–Crippen MR) is 87.2 cm³/mol. The Morgan fingerprint density at radius 3 is 2.45 bits per heavy atom. The van der Waals surface area contributed by atoms with Crippen LogP contribution in [0, 0.1) is 6.92 Å². The minimum atomic E-state index is -0.238. The molecule has 0 fully saturated rings. The number of methoxy groups -OCH3 is 1. The first-order valence-electron chi connectivity index (χ1n) is 7.18. The summed E-state index contributed by atoms with van der Waals surface area (Å²) >= 11 is 0. The summed E-state index contributed by atoms with van der Waals surface area (Å²) in [6.45, 7) is 4.66. The van der Waals surface area contributed by atoms with Crippen LogP contribution in [-0.4, -0.2) is 62.5 Å². The lowest BCUT2D eigenvalue weighted by molar-refractivity contribution is -0.132. The van der Waals surface area contributed by atoms with Gasteiger partial charge >= 0.3 is 0 Å². The zero-order valence-corrected chi connectivity index (χ0v) is 14.0. The topological polar surface area (TPSA) is 61.9 Å². The van der Waals surface area contributed by atoms with E-state index >= 15 is 0 Å². The Morgan fingerprint density at radius 1 is 1.23 bits per heavy atom. The predicted octanol–water partition coefficient (Wildman–Crippen LogP) is 1.35. The van der Waals surface area contributed by atoms with E-state index in [4.69, 9.17) is 4.74 Å². The van der Waals surface area contributed by atoms with E-state index in [9.17, 15) is 9.59 Å². The number of rotatable bonds is 7. The van der Waals surface area contributed by atoms with Crippen molar-refractivity contribution in [2.75, 3.05) is 46.2 Å². The Labute approximate surface area is 132 Å². The van der Waals surface area contributed by atoms with Crippen molar-refractivity contribution in [3.63, 3.8) is 0 Å². The van der Waals surface area contributed by atoms with E-state index in [1.54, 1.807) is 13.2 Å². The van der Waals surface area contributed by atoms with Crippen molar-refractivity contribution >= 4 is 17.5 Å². The molecule has 1 aromatic carbocycles. The summed E-state index contributed by atoms with van der Waals surface area (Å²) in [5.41, 5.74) is 1.63. The van der Waals surface area contributed by atoms with E-state index in [0.717, 1.165) is 5.56 Å². The average molecular weight is 307 g/mol. The first-order chi connectivity index (χ1) is 10.3. The van der Waals surface area contributed by atoms with Crippen LogP contribution in [-0.2, 0) is 9.59 Å². The normalized spacial score (nSPS) is 10.5. The molecule has 1 N–H and O–H groups in total. The van der Waals surface area contributed by atoms with Crippen LogP contribution in [0.4, 0.5) is 5.69 Å². The molecular formula is C16H25N3O3. The first-order valence-corrected chi connectivity index (χ1v) is 7.18. The van der Waals surface area contributed by atoms with Crippen LogP contribution in [0.3, 0.4) is 0 Å². The molecule has 0 saturated carbocycles. The minimum Gasteiger partial charge on any atom is -0.495 e. The van der Waals surface area contributed by atoms with E-state index in [-0.39, 0.29) is 18.4 Å². The smallest absolute Gasteiger partial charge is 0.244 e. The standard InChI is InChI=1S/C16H25N3O3/c1-12-6-7-15(22-5)14(10-12)17-16(21)11-19(13(2)20)9-8-18(3)4/h6-7,10H,8-9,11H2,1-5H3,(H,17,21). The number of carbonyl (C=O) groups is 2. The third-order valence-electron chi connectivity index (χ3n) is 3.23. The van der Waals surface area contributed by atoms with Crippen LogP contribution in [0.25, 0.3) is 0 Å². The lowest BCUT2D eigenvalue weighted by Crippen LogP contribution is -2.40. The highest BCUT2D eigenvalue weighted by atomic mass is 16.5. The summed E-state index contributed by atoms with van der Waals surface area (Å²) in [6, 6.07) is 5.56. The van der Waals surface area contributed by atoms with Crippen molar-refractivity contribution in [3.8, 4) is 5.75 Å². The second kappa shape index (κ2) is 8.38. The maximum atomic E-state index is 12.2. The Morgan fingerprint density at radius 2 is 1.91 bits per heavy atom. The Kier molecular flexibility index (Phi) is 6.85. The monoisotopic (exact) mass is 307 g/mol. The number of amides is 2. The molecule has 0 saturated heterocycles. The van der Waals surface area contributed by atoms with Crippen LogP contribution >= 0.6 is 0 Å². The molecule has 22 heavy (non-hydrogen) atoms. The zero-order valence-electron chi connectivity index (χ0n) is 14.0. The fourth-order valence-corrected chi connectivity index (χ4v) is 1.95. The molecule has 0 aromatic heterocycles. The molecule has 6 heteroatoms. The van der Waals surface area contributed by atoms with Gasteiger partial charge < -0.3 is 19.9 Å². The summed E-state index contributed by atoms with van der Waals surface area (Å²) in [5, 5.41) is 2.80. The number of anilines is 1. The van der Waals surface area contributed by atoms with E-state index in [1.807, 2.05) is 38.1 Å². The van der Waals surface area contributed by atoms with Crippen molar-refractivity contribution in [1.29, 1.82) is 0 Å². The van der Waals surface area contributed by atoms with Gasteiger partial charge in [0.1, 0.15) is 5.75 Å². The molecule has 0 aliphatic heterocycles. The third-order valence-corrected chi connectivity index (χ3v) is 3.23. The van der Waals surface area contributed by atoms with E-state index in [0.29, 0.717) is 24.5 Å². The van der Waals surface area contributed by atoms with Crippen molar-refractivity contribution in [2.24, 2.45) is 0 Å². The van der Waals surface area contributed by atoms with Gasteiger partial charge in [-0.2, -0.15) is 0 Å². The Hall–Kier alpha value is -2.08. The largest absolute Gasteiger partial charge is 0.495 e. The van der Waals surface area contributed by atoms with Gasteiger partial charge in [-0.3, -0.25) is 9.59 Å².